The molecule has 0 bridgehead atoms. The molecular formula is C21H20N2O. The highest BCUT2D eigenvalue weighted by molar-refractivity contribution is 5.99. The minimum absolute atomic E-state index is 0.272. The van der Waals surface area contributed by atoms with Gasteiger partial charge in [-0.15, -0.1) is 0 Å². The van der Waals surface area contributed by atoms with Gasteiger partial charge in [-0.05, 0) is 34.9 Å². The van der Waals surface area contributed by atoms with E-state index in [9.17, 15) is 5.11 Å². The number of benzene rings is 3. The van der Waals surface area contributed by atoms with E-state index in [0.717, 1.165) is 39.7 Å². The van der Waals surface area contributed by atoms with Crippen molar-refractivity contribution >= 4 is 21.8 Å². The lowest BCUT2D eigenvalue weighted by Gasteiger charge is -2.14. The van der Waals surface area contributed by atoms with Crippen LogP contribution in [0.1, 0.15) is 13.8 Å². The van der Waals surface area contributed by atoms with Crippen molar-refractivity contribution in [2.75, 3.05) is 0 Å². The van der Waals surface area contributed by atoms with E-state index in [1.807, 2.05) is 42.5 Å². The summed E-state index contributed by atoms with van der Waals surface area (Å²) in [5.41, 5.74) is 2.87. The zero-order valence-corrected chi connectivity index (χ0v) is 13.9. The molecule has 3 aromatic carbocycles. The Morgan fingerprint density at radius 3 is 2.54 bits per heavy atom. The van der Waals surface area contributed by atoms with Crippen LogP contribution in [0.2, 0.25) is 0 Å². The first-order valence-electron chi connectivity index (χ1n) is 8.31. The molecule has 0 saturated carbocycles. The van der Waals surface area contributed by atoms with Crippen molar-refractivity contribution in [2.45, 2.75) is 20.4 Å². The second-order valence-corrected chi connectivity index (χ2v) is 6.61. The summed E-state index contributed by atoms with van der Waals surface area (Å²) in [5, 5.41) is 12.7. The van der Waals surface area contributed by atoms with Gasteiger partial charge in [0.25, 0.3) is 0 Å². The van der Waals surface area contributed by atoms with E-state index in [1.54, 1.807) is 6.07 Å². The zero-order valence-electron chi connectivity index (χ0n) is 13.9. The Hall–Kier alpha value is -2.81. The summed E-state index contributed by atoms with van der Waals surface area (Å²) >= 11 is 0. The van der Waals surface area contributed by atoms with Crippen LogP contribution in [0.15, 0.2) is 60.7 Å². The van der Waals surface area contributed by atoms with Gasteiger partial charge in [-0.2, -0.15) is 0 Å². The molecular weight excluding hydrogens is 296 g/mol. The molecule has 24 heavy (non-hydrogen) atoms. The fourth-order valence-electron chi connectivity index (χ4n) is 3.31. The minimum Gasteiger partial charge on any atom is -0.507 e. The summed E-state index contributed by atoms with van der Waals surface area (Å²) in [6.45, 7) is 5.25. The maximum atomic E-state index is 10.6. The molecule has 0 saturated heterocycles. The van der Waals surface area contributed by atoms with Crippen molar-refractivity contribution in [1.82, 2.24) is 9.55 Å². The summed E-state index contributed by atoms with van der Waals surface area (Å²) in [5.74, 6) is 1.59. The van der Waals surface area contributed by atoms with Gasteiger partial charge in [-0.25, -0.2) is 4.98 Å². The number of hydrogen-bond acceptors (Lipinski definition) is 2. The van der Waals surface area contributed by atoms with E-state index in [2.05, 4.69) is 30.5 Å². The van der Waals surface area contributed by atoms with Gasteiger partial charge in [0.05, 0.1) is 16.6 Å². The SMILES string of the molecule is CC(C)Cn1c(-c2c(O)ccc3ccccc23)nc2ccccc21. The number of fused-ring (bicyclic) bond motifs is 2. The third-order valence-electron chi connectivity index (χ3n) is 4.33. The molecule has 1 aromatic heterocycles. The molecule has 0 fully saturated rings. The molecule has 1 N–H and O–H groups in total. The number of rotatable bonds is 3. The monoisotopic (exact) mass is 316 g/mol. The van der Waals surface area contributed by atoms with Crippen molar-refractivity contribution < 1.29 is 5.11 Å². The third kappa shape index (κ3) is 2.33. The Bertz CT molecular complexity index is 1030. The molecule has 4 rings (SSSR count). The van der Waals surface area contributed by atoms with Crippen LogP contribution in [0.3, 0.4) is 0 Å². The third-order valence-corrected chi connectivity index (χ3v) is 4.33. The van der Waals surface area contributed by atoms with E-state index < -0.39 is 0 Å². The van der Waals surface area contributed by atoms with Crippen molar-refractivity contribution in [3.8, 4) is 17.1 Å². The molecule has 3 heteroatoms. The quantitative estimate of drug-likeness (QED) is 0.563. The lowest BCUT2D eigenvalue weighted by molar-refractivity contribution is 0.476. The van der Waals surface area contributed by atoms with Crippen molar-refractivity contribution in [1.29, 1.82) is 0 Å². The highest BCUT2D eigenvalue weighted by Crippen LogP contribution is 2.37. The number of aromatic hydroxyl groups is 1. The number of phenolic OH excluding ortho intramolecular Hbond substituents is 1. The van der Waals surface area contributed by atoms with E-state index >= 15 is 0 Å². The van der Waals surface area contributed by atoms with Gasteiger partial charge in [-0.1, -0.05) is 56.3 Å². The second-order valence-electron chi connectivity index (χ2n) is 6.61. The highest BCUT2D eigenvalue weighted by Gasteiger charge is 2.18. The Kier molecular flexibility index (Phi) is 3.49. The number of hydrogen-bond donors (Lipinski definition) is 1. The van der Waals surface area contributed by atoms with Gasteiger partial charge >= 0.3 is 0 Å². The summed E-state index contributed by atoms with van der Waals surface area (Å²) in [4.78, 5) is 4.85. The summed E-state index contributed by atoms with van der Waals surface area (Å²) in [6, 6.07) is 20.0. The standard InChI is InChI=1S/C21H20N2O/c1-14(2)13-23-18-10-6-5-9-17(18)22-21(23)20-16-8-4-3-7-15(16)11-12-19(20)24/h3-12,14,24H,13H2,1-2H3. The van der Waals surface area contributed by atoms with Crippen molar-refractivity contribution in [3.05, 3.63) is 60.7 Å². The number of imidazole rings is 1. The average molecular weight is 316 g/mol. The van der Waals surface area contributed by atoms with Gasteiger partial charge in [0.15, 0.2) is 0 Å². The Morgan fingerprint density at radius 2 is 1.71 bits per heavy atom. The topological polar surface area (TPSA) is 38.0 Å². The Morgan fingerprint density at radius 1 is 0.958 bits per heavy atom. The average Bonchev–Trinajstić information content (AvgIpc) is 2.92. The fourth-order valence-corrected chi connectivity index (χ4v) is 3.31. The maximum absolute atomic E-state index is 10.6. The molecule has 0 aliphatic rings. The molecule has 0 atom stereocenters. The van der Waals surface area contributed by atoms with Crippen LogP contribution in [0.4, 0.5) is 0 Å². The van der Waals surface area contributed by atoms with Gasteiger partial charge in [0.2, 0.25) is 0 Å². The molecule has 0 radical (unpaired) electrons. The predicted octanol–water partition coefficient (Wildman–Crippen LogP) is 5.22. The van der Waals surface area contributed by atoms with E-state index in [4.69, 9.17) is 4.98 Å². The van der Waals surface area contributed by atoms with Crippen LogP contribution in [-0.4, -0.2) is 14.7 Å². The van der Waals surface area contributed by atoms with Crippen LogP contribution in [0, 0.1) is 5.92 Å². The van der Waals surface area contributed by atoms with Crippen LogP contribution < -0.4 is 0 Å². The molecule has 1 heterocycles. The first-order chi connectivity index (χ1) is 11.6. The van der Waals surface area contributed by atoms with Crippen LogP contribution >= 0.6 is 0 Å². The largest absolute Gasteiger partial charge is 0.507 e. The Balaban J connectivity index is 2.09. The van der Waals surface area contributed by atoms with E-state index in [1.165, 1.54) is 0 Å². The molecule has 3 nitrogen and oxygen atoms in total. The van der Waals surface area contributed by atoms with E-state index in [-0.39, 0.29) is 5.75 Å². The Labute approximate surface area is 141 Å². The van der Waals surface area contributed by atoms with Crippen LogP contribution in [0.25, 0.3) is 33.2 Å². The van der Waals surface area contributed by atoms with Crippen LogP contribution in [-0.2, 0) is 6.54 Å². The molecule has 0 aliphatic carbocycles. The minimum atomic E-state index is 0.272. The van der Waals surface area contributed by atoms with Gasteiger partial charge in [0.1, 0.15) is 11.6 Å². The summed E-state index contributed by atoms with van der Waals surface area (Å²) in [6.07, 6.45) is 0. The first kappa shape index (κ1) is 14.8. The number of para-hydroxylation sites is 2. The summed E-state index contributed by atoms with van der Waals surface area (Å²) < 4.78 is 2.22. The lowest BCUT2D eigenvalue weighted by atomic mass is 10.0. The smallest absolute Gasteiger partial charge is 0.145 e. The van der Waals surface area contributed by atoms with E-state index in [0.29, 0.717) is 5.92 Å². The first-order valence-corrected chi connectivity index (χ1v) is 8.31. The predicted molar refractivity (Wildman–Crippen MR) is 99.2 cm³/mol. The number of phenols is 1. The summed E-state index contributed by atoms with van der Waals surface area (Å²) in [7, 11) is 0. The molecule has 0 spiro atoms. The fraction of sp³-hybridized carbons (Fsp3) is 0.190. The maximum Gasteiger partial charge on any atom is 0.145 e. The molecule has 120 valence electrons. The normalized spacial score (nSPS) is 11.6. The van der Waals surface area contributed by atoms with Gasteiger partial charge in [-0.3, -0.25) is 0 Å². The van der Waals surface area contributed by atoms with Crippen molar-refractivity contribution in [2.24, 2.45) is 5.92 Å². The lowest BCUT2D eigenvalue weighted by Crippen LogP contribution is -2.06. The number of aromatic nitrogens is 2. The molecule has 0 aliphatic heterocycles. The second kappa shape index (κ2) is 5.68. The zero-order chi connectivity index (χ0) is 16.7. The molecule has 0 amide bonds. The number of nitrogens with zero attached hydrogens (tertiary/aromatic N) is 2. The van der Waals surface area contributed by atoms with Crippen molar-refractivity contribution in [3.63, 3.8) is 0 Å². The highest BCUT2D eigenvalue weighted by atomic mass is 16.3. The molecule has 4 aromatic rings. The molecule has 0 unspecified atom stereocenters. The van der Waals surface area contributed by atoms with Gasteiger partial charge < -0.3 is 9.67 Å². The van der Waals surface area contributed by atoms with Gasteiger partial charge in [0, 0.05) is 6.54 Å². The van der Waals surface area contributed by atoms with Crippen LogP contribution in [0.5, 0.6) is 5.75 Å².